The van der Waals surface area contributed by atoms with E-state index in [1.54, 1.807) is 46.3 Å². The van der Waals surface area contributed by atoms with Crippen molar-refractivity contribution in [2.75, 3.05) is 27.4 Å². The molecule has 0 aliphatic carbocycles. The highest BCUT2D eigenvalue weighted by molar-refractivity contribution is 9.10. The summed E-state index contributed by atoms with van der Waals surface area (Å²) in [6.45, 7) is 6.34. The Hall–Kier alpha value is -3.87. The lowest BCUT2D eigenvalue weighted by Gasteiger charge is -2.26. The molecule has 1 aromatic heterocycles. The van der Waals surface area contributed by atoms with Crippen LogP contribution in [0.25, 0.3) is 6.08 Å². The minimum Gasteiger partial charge on any atom is -0.493 e. The van der Waals surface area contributed by atoms with Gasteiger partial charge in [-0.25, -0.2) is 9.79 Å². The molecule has 0 fully saturated rings. The van der Waals surface area contributed by atoms with Crippen molar-refractivity contribution < 1.29 is 28.5 Å². The van der Waals surface area contributed by atoms with E-state index in [0.717, 1.165) is 15.6 Å². The molecule has 2 heterocycles. The number of esters is 1. The van der Waals surface area contributed by atoms with Crippen LogP contribution in [-0.2, 0) is 16.1 Å². The molecule has 9 nitrogen and oxygen atoms in total. The molecule has 1 aliphatic heterocycles. The van der Waals surface area contributed by atoms with Gasteiger partial charge in [0.2, 0.25) is 0 Å². The number of halogens is 2. The lowest BCUT2D eigenvalue weighted by Crippen LogP contribution is -2.40. The topological polar surface area (TPSA) is 97.6 Å². The molecule has 0 saturated carbocycles. The predicted molar refractivity (Wildman–Crippen MR) is 184 cm³/mol. The van der Waals surface area contributed by atoms with Gasteiger partial charge >= 0.3 is 5.97 Å². The minimum absolute atomic E-state index is 0.172. The maximum atomic E-state index is 14.2. The molecule has 3 aromatic carbocycles. The first-order chi connectivity index (χ1) is 22.2. The number of hydrogen-bond acceptors (Lipinski definition) is 9. The highest BCUT2D eigenvalue weighted by Crippen LogP contribution is 2.41. The molecular weight excluding hydrogens is 740 g/mol. The second-order valence-electron chi connectivity index (χ2n) is 10.1. The Morgan fingerprint density at radius 3 is 2.33 bits per heavy atom. The number of methoxy groups -OCH3 is 2. The van der Waals surface area contributed by atoms with Gasteiger partial charge in [-0.3, -0.25) is 9.36 Å². The molecule has 0 bridgehead atoms. The van der Waals surface area contributed by atoms with Crippen molar-refractivity contribution in [2.45, 2.75) is 33.4 Å². The van der Waals surface area contributed by atoms with Crippen molar-refractivity contribution in [2.24, 2.45) is 4.99 Å². The van der Waals surface area contributed by atoms with Gasteiger partial charge < -0.3 is 23.7 Å². The number of carbonyl (C=O) groups excluding carboxylic acids is 1. The molecule has 1 atom stereocenters. The van der Waals surface area contributed by atoms with E-state index in [1.807, 2.05) is 49.4 Å². The standard InChI is InChI=1S/C34H32Br2N2O7S/c1-6-43-28-17-24(36)23(16-27(28)42-5)31-30(33(40)44-7-2)19(3)37-34-38(31)32(39)29(46-34)15-21-10-13-25(26(14-21)41-4)45-18-20-8-11-22(35)12-9-20/h8-17,31H,6-7,18H2,1-5H3/b29-15+/t31-/m0/s1. The van der Waals surface area contributed by atoms with Crippen molar-refractivity contribution in [1.82, 2.24) is 4.57 Å². The van der Waals surface area contributed by atoms with Gasteiger partial charge in [-0.2, -0.15) is 0 Å². The Labute approximate surface area is 287 Å². The first kappa shape index (κ1) is 33.5. The van der Waals surface area contributed by atoms with Gasteiger partial charge in [0.25, 0.3) is 5.56 Å². The number of nitrogens with zero attached hydrogens (tertiary/aromatic N) is 2. The van der Waals surface area contributed by atoms with Crippen LogP contribution in [0.2, 0.25) is 0 Å². The Balaban J connectivity index is 1.59. The summed E-state index contributed by atoms with van der Waals surface area (Å²) in [5.74, 6) is 1.56. The van der Waals surface area contributed by atoms with Crippen molar-refractivity contribution in [3.63, 3.8) is 0 Å². The monoisotopic (exact) mass is 770 g/mol. The number of allylic oxidation sites excluding steroid dienone is 1. The van der Waals surface area contributed by atoms with E-state index in [2.05, 4.69) is 36.9 Å². The van der Waals surface area contributed by atoms with Gasteiger partial charge in [0.05, 0.1) is 49.3 Å². The summed E-state index contributed by atoms with van der Waals surface area (Å²) in [5, 5.41) is 0. The molecule has 0 unspecified atom stereocenters. The van der Waals surface area contributed by atoms with E-state index in [4.69, 9.17) is 23.7 Å². The number of hydrogen-bond donors (Lipinski definition) is 0. The molecule has 0 N–H and O–H groups in total. The van der Waals surface area contributed by atoms with E-state index in [1.165, 1.54) is 15.9 Å². The van der Waals surface area contributed by atoms with E-state index in [9.17, 15) is 9.59 Å². The second-order valence-corrected chi connectivity index (χ2v) is 12.9. The van der Waals surface area contributed by atoms with Gasteiger partial charge in [-0.1, -0.05) is 61.4 Å². The van der Waals surface area contributed by atoms with Crippen LogP contribution in [0.4, 0.5) is 0 Å². The molecule has 5 rings (SSSR count). The average molecular weight is 773 g/mol. The van der Waals surface area contributed by atoms with Crippen LogP contribution in [0.1, 0.15) is 43.5 Å². The summed E-state index contributed by atoms with van der Waals surface area (Å²) >= 11 is 8.33. The fourth-order valence-corrected chi connectivity index (χ4v) is 6.91. The fraction of sp³-hybridized carbons (Fsp3) is 0.265. The maximum Gasteiger partial charge on any atom is 0.338 e. The lowest BCUT2D eigenvalue weighted by atomic mass is 9.95. The molecule has 0 amide bonds. The van der Waals surface area contributed by atoms with Crippen molar-refractivity contribution >= 4 is 55.2 Å². The molecule has 240 valence electrons. The Bertz CT molecular complexity index is 1980. The number of aromatic nitrogens is 1. The highest BCUT2D eigenvalue weighted by atomic mass is 79.9. The van der Waals surface area contributed by atoms with Crippen molar-refractivity contribution in [1.29, 1.82) is 0 Å². The number of carbonyl (C=O) groups is 1. The normalized spacial score (nSPS) is 14.4. The second kappa shape index (κ2) is 14.7. The molecule has 0 radical (unpaired) electrons. The average Bonchev–Trinajstić information content (AvgIpc) is 3.34. The third-order valence-corrected chi connectivity index (χ3v) is 9.39. The minimum atomic E-state index is -0.833. The van der Waals surface area contributed by atoms with Crippen LogP contribution in [0.15, 0.2) is 84.6 Å². The fourth-order valence-electron chi connectivity index (χ4n) is 5.06. The SMILES string of the molecule is CCOC(=O)C1=C(C)N=c2s/c(=C/c3ccc(OCc4ccc(Br)cc4)c(OC)c3)c(=O)n2[C@H]1c1cc(OC)c(OCC)cc1Br. The first-order valence-electron chi connectivity index (χ1n) is 14.4. The first-order valence-corrected chi connectivity index (χ1v) is 16.8. The van der Waals surface area contributed by atoms with Crippen LogP contribution >= 0.6 is 43.2 Å². The zero-order chi connectivity index (χ0) is 33.0. The number of benzene rings is 3. The van der Waals surface area contributed by atoms with Gasteiger partial charge in [0, 0.05) is 8.95 Å². The lowest BCUT2D eigenvalue weighted by molar-refractivity contribution is -0.139. The zero-order valence-corrected chi connectivity index (χ0v) is 29.9. The summed E-state index contributed by atoms with van der Waals surface area (Å²) in [6.07, 6.45) is 1.78. The predicted octanol–water partition coefficient (Wildman–Crippen LogP) is 6.32. The quantitative estimate of drug-likeness (QED) is 0.165. The largest absolute Gasteiger partial charge is 0.493 e. The van der Waals surface area contributed by atoms with E-state index >= 15 is 0 Å². The molecule has 0 spiro atoms. The van der Waals surface area contributed by atoms with Gasteiger partial charge in [0.15, 0.2) is 27.8 Å². The van der Waals surface area contributed by atoms with Crippen molar-refractivity contribution in [3.05, 3.63) is 111 Å². The van der Waals surface area contributed by atoms with E-state index in [-0.39, 0.29) is 17.7 Å². The van der Waals surface area contributed by atoms with Gasteiger partial charge in [-0.05, 0) is 79.9 Å². The maximum absolute atomic E-state index is 14.2. The van der Waals surface area contributed by atoms with Crippen molar-refractivity contribution in [3.8, 4) is 23.0 Å². The van der Waals surface area contributed by atoms with Crippen LogP contribution in [-0.4, -0.2) is 38.0 Å². The summed E-state index contributed by atoms with van der Waals surface area (Å²) < 4.78 is 32.0. The Morgan fingerprint density at radius 2 is 1.65 bits per heavy atom. The number of ether oxygens (including phenoxy) is 5. The third kappa shape index (κ3) is 6.93. The molecule has 0 saturated heterocycles. The third-order valence-electron chi connectivity index (χ3n) is 7.19. The summed E-state index contributed by atoms with van der Waals surface area (Å²) in [6, 6.07) is 16.1. The highest BCUT2D eigenvalue weighted by Gasteiger charge is 2.35. The number of thiazole rings is 1. The summed E-state index contributed by atoms with van der Waals surface area (Å²) in [7, 11) is 3.11. The Morgan fingerprint density at radius 1 is 0.935 bits per heavy atom. The summed E-state index contributed by atoms with van der Waals surface area (Å²) in [5.41, 5.74) is 2.79. The van der Waals surface area contributed by atoms with E-state index < -0.39 is 12.0 Å². The Kier molecular flexibility index (Phi) is 10.7. The van der Waals surface area contributed by atoms with Gasteiger partial charge in [0.1, 0.15) is 6.61 Å². The molecule has 46 heavy (non-hydrogen) atoms. The molecule has 4 aromatic rings. The van der Waals surface area contributed by atoms with Gasteiger partial charge in [-0.15, -0.1) is 0 Å². The van der Waals surface area contributed by atoms with Crippen LogP contribution in [0.5, 0.6) is 23.0 Å². The number of fused-ring (bicyclic) bond motifs is 1. The van der Waals surface area contributed by atoms with E-state index in [0.29, 0.717) is 61.3 Å². The van der Waals surface area contributed by atoms with Crippen LogP contribution < -0.4 is 33.8 Å². The number of rotatable bonds is 11. The van der Waals surface area contributed by atoms with Crippen LogP contribution in [0, 0.1) is 0 Å². The smallest absolute Gasteiger partial charge is 0.338 e. The molecular formula is C34H32Br2N2O7S. The van der Waals surface area contributed by atoms with Crippen LogP contribution in [0.3, 0.4) is 0 Å². The molecule has 1 aliphatic rings. The molecule has 12 heteroatoms. The zero-order valence-electron chi connectivity index (χ0n) is 25.9. The summed E-state index contributed by atoms with van der Waals surface area (Å²) in [4.78, 5) is 32.6.